The fraction of sp³-hybridized carbons (Fsp3) is 0.409. The Morgan fingerprint density at radius 1 is 1.17 bits per heavy atom. The Hall–Kier alpha value is -2.84. The second kappa shape index (κ2) is 8.12. The van der Waals surface area contributed by atoms with Crippen molar-refractivity contribution in [3.8, 4) is 11.1 Å². The van der Waals surface area contributed by atoms with Crippen LogP contribution in [-0.4, -0.2) is 71.3 Å². The fourth-order valence-corrected chi connectivity index (χ4v) is 4.07. The number of rotatable bonds is 5. The molecule has 0 atom stereocenters. The topological polar surface area (TPSA) is 67.0 Å². The van der Waals surface area contributed by atoms with E-state index in [9.17, 15) is 4.39 Å². The number of nitrogens with one attached hydrogen (secondary N) is 1. The lowest BCUT2D eigenvalue weighted by Crippen LogP contribution is -2.37. The van der Waals surface area contributed by atoms with Gasteiger partial charge in [-0.1, -0.05) is 12.1 Å². The van der Waals surface area contributed by atoms with E-state index in [4.69, 9.17) is 14.8 Å². The minimum Gasteiger partial charge on any atom is -0.379 e. The molecule has 4 heterocycles. The Morgan fingerprint density at radius 2 is 1.97 bits per heavy atom. The maximum atomic E-state index is 13.5. The van der Waals surface area contributed by atoms with E-state index in [1.54, 1.807) is 12.1 Å². The highest BCUT2D eigenvalue weighted by molar-refractivity contribution is 6.10. The molecule has 30 heavy (non-hydrogen) atoms. The van der Waals surface area contributed by atoms with Crippen molar-refractivity contribution in [2.75, 3.05) is 45.9 Å². The van der Waals surface area contributed by atoms with Crippen LogP contribution in [0, 0.1) is 12.7 Å². The SMILES string of the molecule is Cc1cc(-c2ccc(F)cc2)c(C2=NCCN2)c2nc(CCN3CCOCC3)nn12. The minimum absolute atomic E-state index is 0.248. The zero-order valence-electron chi connectivity index (χ0n) is 17.1. The van der Waals surface area contributed by atoms with Crippen molar-refractivity contribution in [1.82, 2.24) is 24.8 Å². The Morgan fingerprint density at radius 3 is 2.70 bits per heavy atom. The summed E-state index contributed by atoms with van der Waals surface area (Å²) in [6, 6.07) is 8.66. The number of aliphatic imine (C=N–C) groups is 1. The lowest BCUT2D eigenvalue weighted by Gasteiger charge is -2.25. The normalized spacial score (nSPS) is 17.3. The van der Waals surface area contributed by atoms with E-state index in [0.717, 1.165) is 92.0 Å². The summed E-state index contributed by atoms with van der Waals surface area (Å²) in [6.45, 7) is 7.95. The van der Waals surface area contributed by atoms with Gasteiger partial charge in [0.1, 0.15) is 11.7 Å². The van der Waals surface area contributed by atoms with Crippen molar-refractivity contribution in [3.05, 3.63) is 53.2 Å². The number of aryl methyl sites for hydroxylation is 1. The van der Waals surface area contributed by atoms with Gasteiger partial charge < -0.3 is 10.1 Å². The molecule has 0 saturated carbocycles. The zero-order chi connectivity index (χ0) is 20.5. The van der Waals surface area contributed by atoms with Crippen LogP contribution in [0.1, 0.15) is 17.1 Å². The van der Waals surface area contributed by atoms with Gasteiger partial charge in [0.15, 0.2) is 11.5 Å². The molecule has 3 aromatic rings. The van der Waals surface area contributed by atoms with Crippen molar-refractivity contribution in [1.29, 1.82) is 0 Å². The molecule has 0 amide bonds. The van der Waals surface area contributed by atoms with Gasteiger partial charge in [0.25, 0.3) is 0 Å². The average Bonchev–Trinajstić information content (AvgIpc) is 3.44. The molecule has 2 aromatic heterocycles. The standard InChI is InChI=1S/C22H25FN6O/c1-15-14-18(16-2-4-17(23)5-3-16)20(21-24-7-8-25-21)22-26-19(27-29(15)22)6-9-28-10-12-30-13-11-28/h2-5,14H,6-13H2,1H3,(H,24,25). The van der Waals surface area contributed by atoms with E-state index < -0.39 is 0 Å². The number of morpholine rings is 1. The number of amidine groups is 1. The first-order valence-electron chi connectivity index (χ1n) is 10.4. The molecule has 8 heteroatoms. The van der Waals surface area contributed by atoms with Crippen molar-refractivity contribution >= 4 is 11.5 Å². The van der Waals surface area contributed by atoms with Crippen LogP contribution in [0.15, 0.2) is 35.3 Å². The largest absolute Gasteiger partial charge is 0.379 e. The van der Waals surface area contributed by atoms with Crippen molar-refractivity contribution in [2.24, 2.45) is 4.99 Å². The van der Waals surface area contributed by atoms with Crippen LogP contribution in [0.25, 0.3) is 16.8 Å². The van der Waals surface area contributed by atoms with Crippen LogP contribution in [0.3, 0.4) is 0 Å². The van der Waals surface area contributed by atoms with Gasteiger partial charge in [-0.3, -0.25) is 9.89 Å². The average molecular weight is 408 g/mol. The molecule has 1 saturated heterocycles. The molecule has 2 aliphatic rings. The molecular weight excluding hydrogens is 383 g/mol. The van der Waals surface area contributed by atoms with Gasteiger partial charge in [0, 0.05) is 38.3 Å². The first kappa shape index (κ1) is 19.1. The third-order valence-electron chi connectivity index (χ3n) is 5.65. The van der Waals surface area contributed by atoms with Crippen LogP contribution in [0.2, 0.25) is 0 Å². The maximum Gasteiger partial charge on any atom is 0.167 e. The third kappa shape index (κ3) is 3.68. The molecule has 5 rings (SSSR count). The lowest BCUT2D eigenvalue weighted by molar-refractivity contribution is 0.0382. The third-order valence-corrected chi connectivity index (χ3v) is 5.65. The van der Waals surface area contributed by atoms with Crippen molar-refractivity contribution in [2.45, 2.75) is 13.3 Å². The summed E-state index contributed by atoms with van der Waals surface area (Å²) in [5, 5.41) is 8.15. The van der Waals surface area contributed by atoms with E-state index in [2.05, 4.69) is 21.3 Å². The maximum absolute atomic E-state index is 13.5. The second-order valence-electron chi connectivity index (χ2n) is 7.71. The molecule has 0 bridgehead atoms. The number of halogens is 1. The van der Waals surface area contributed by atoms with Crippen LogP contribution >= 0.6 is 0 Å². The van der Waals surface area contributed by atoms with Crippen molar-refractivity contribution < 1.29 is 9.13 Å². The number of aromatic nitrogens is 3. The van der Waals surface area contributed by atoms with E-state index >= 15 is 0 Å². The number of pyridine rings is 1. The molecule has 0 radical (unpaired) electrons. The molecule has 0 aliphatic carbocycles. The van der Waals surface area contributed by atoms with Gasteiger partial charge >= 0.3 is 0 Å². The van der Waals surface area contributed by atoms with Crippen LogP contribution < -0.4 is 5.32 Å². The Balaban J connectivity index is 1.56. The summed E-state index contributed by atoms with van der Waals surface area (Å²) in [6.07, 6.45) is 0.784. The number of ether oxygens (including phenoxy) is 1. The quantitative estimate of drug-likeness (QED) is 0.700. The van der Waals surface area contributed by atoms with Gasteiger partial charge in [0.2, 0.25) is 0 Å². The molecule has 1 N–H and O–H groups in total. The van der Waals surface area contributed by atoms with Gasteiger partial charge in [0.05, 0.1) is 25.3 Å². The molecular formula is C22H25FN6O. The predicted molar refractivity (Wildman–Crippen MR) is 113 cm³/mol. The minimum atomic E-state index is -0.248. The highest BCUT2D eigenvalue weighted by Gasteiger charge is 2.22. The van der Waals surface area contributed by atoms with Crippen LogP contribution in [0.4, 0.5) is 4.39 Å². The van der Waals surface area contributed by atoms with Gasteiger partial charge in [-0.05, 0) is 36.2 Å². The molecule has 1 aromatic carbocycles. The van der Waals surface area contributed by atoms with Crippen molar-refractivity contribution in [3.63, 3.8) is 0 Å². The van der Waals surface area contributed by atoms with Gasteiger partial charge in [-0.2, -0.15) is 5.10 Å². The smallest absolute Gasteiger partial charge is 0.167 e. The number of benzene rings is 1. The monoisotopic (exact) mass is 408 g/mol. The van der Waals surface area contributed by atoms with E-state index in [1.807, 2.05) is 11.4 Å². The Kier molecular flexibility index (Phi) is 5.18. The molecule has 1 fully saturated rings. The highest BCUT2D eigenvalue weighted by atomic mass is 19.1. The van der Waals surface area contributed by atoms with E-state index in [0.29, 0.717) is 0 Å². The Bertz CT molecular complexity index is 1090. The van der Waals surface area contributed by atoms with Crippen LogP contribution in [-0.2, 0) is 11.2 Å². The van der Waals surface area contributed by atoms with E-state index in [-0.39, 0.29) is 5.82 Å². The number of nitrogens with zero attached hydrogens (tertiary/aromatic N) is 5. The Labute approximate surface area is 174 Å². The summed E-state index contributed by atoms with van der Waals surface area (Å²) in [7, 11) is 0. The number of hydrogen-bond acceptors (Lipinski definition) is 6. The van der Waals surface area contributed by atoms with Gasteiger partial charge in [-0.25, -0.2) is 13.9 Å². The molecule has 0 spiro atoms. The molecule has 0 unspecified atom stereocenters. The summed E-state index contributed by atoms with van der Waals surface area (Å²) in [5.41, 5.74) is 4.62. The number of hydrogen-bond donors (Lipinski definition) is 1. The first-order chi connectivity index (χ1) is 14.7. The predicted octanol–water partition coefficient (Wildman–Crippen LogP) is 2.07. The highest BCUT2D eigenvalue weighted by Crippen LogP contribution is 2.29. The summed E-state index contributed by atoms with van der Waals surface area (Å²) in [4.78, 5) is 11.9. The molecule has 156 valence electrons. The summed E-state index contributed by atoms with van der Waals surface area (Å²) >= 11 is 0. The van der Waals surface area contributed by atoms with E-state index in [1.165, 1.54) is 12.1 Å². The summed E-state index contributed by atoms with van der Waals surface area (Å²) in [5.74, 6) is 1.40. The first-order valence-corrected chi connectivity index (χ1v) is 10.4. The van der Waals surface area contributed by atoms with Crippen LogP contribution in [0.5, 0.6) is 0 Å². The molecule has 2 aliphatic heterocycles. The lowest BCUT2D eigenvalue weighted by atomic mass is 9.99. The number of fused-ring (bicyclic) bond motifs is 1. The fourth-order valence-electron chi connectivity index (χ4n) is 4.07. The van der Waals surface area contributed by atoms with Gasteiger partial charge in [-0.15, -0.1) is 0 Å². The molecule has 7 nitrogen and oxygen atoms in total. The summed E-state index contributed by atoms with van der Waals surface area (Å²) < 4.78 is 20.8. The zero-order valence-corrected chi connectivity index (χ0v) is 17.1. The second-order valence-corrected chi connectivity index (χ2v) is 7.71.